The lowest BCUT2D eigenvalue weighted by Gasteiger charge is -2.10. The van der Waals surface area contributed by atoms with Crippen molar-refractivity contribution in [2.24, 2.45) is 0 Å². The highest BCUT2D eigenvalue weighted by Crippen LogP contribution is 2.19. The van der Waals surface area contributed by atoms with E-state index >= 15 is 0 Å². The number of methoxy groups -OCH3 is 1. The Bertz CT molecular complexity index is 804. The van der Waals surface area contributed by atoms with Crippen LogP contribution in [0.25, 0.3) is 0 Å². The Kier molecular flexibility index (Phi) is 5.78. The van der Waals surface area contributed by atoms with Crippen molar-refractivity contribution in [2.45, 2.75) is 4.90 Å². The number of benzene rings is 2. The van der Waals surface area contributed by atoms with Crippen molar-refractivity contribution in [1.29, 1.82) is 0 Å². The molecule has 0 unspecified atom stereocenters. The third-order valence-electron chi connectivity index (χ3n) is 3.21. The van der Waals surface area contributed by atoms with Crippen molar-refractivity contribution in [2.75, 3.05) is 26.1 Å². The van der Waals surface area contributed by atoms with Crippen LogP contribution in [0.5, 0.6) is 5.75 Å². The fourth-order valence-electron chi connectivity index (χ4n) is 2.01. The molecule has 0 aromatic heterocycles. The molecule has 128 valence electrons. The molecule has 8 heteroatoms. The Balaban J connectivity index is 2.17. The molecule has 7 nitrogen and oxygen atoms in total. The number of amides is 1. The van der Waals surface area contributed by atoms with Crippen LogP contribution in [0.3, 0.4) is 0 Å². The molecule has 3 N–H and O–H groups in total. The Labute approximate surface area is 141 Å². The Morgan fingerprint density at radius 3 is 2.38 bits per heavy atom. The number of nitrogens with one attached hydrogen (secondary N) is 3. The summed E-state index contributed by atoms with van der Waals surface area (Å²) in [6, 6.07) is 12.5. The molecule has 0 bridgehead atoms. The molecule has 0 heterocycles. The first-order valence-electron chi connectivity index (χ1n) is 7.16. The standard InChI is InChI=1S/C16H19N3O4S/c1-17-11-18-12-7-9-13(10-8-12)24(21,22)19-16(20)14-5-3-4-6-15(14)23-2/h3-10,17-18H,11H2,1-2H3,(H,19,20). The van der Waals surface area contributed by atoms with Gasteiger partial charge in [-0.05, 0) is 43.4 Å². The van der Waals surface area contributed by atoms with Crippen LogP contribution in [0.15, 0.2) is 53.4 Å². The molecule has 2 aromatic carbocycles. The molecule has 0 saturated heterocycles. The number of anilines is 1. The molecule has 0 atom stereocenters. The van der Waals surface area contributed by atoms with Gasteiger partial charge in [0, 0.05) is 5.69 Å². The fraction of sp³-hybridized carbons (Fsp3) is 0.188. The summed E-state index contributed by atoms with van der Waals surface area (Å²) in [7, 11) is -0.763. The van der Waals surface area contributed by atoms with Crippen molar-refractivity contribution >= 4 is 21.6 Å². The fourth-order valence-corrected chi connectivity index (χ4v) is 2.98. The number of carbonyl (C=O) groups is 1. The second-order valence-electron chi connectivity index (χ2n) is 4.87. The predicted molar refractivity (Wildman–Crippen MR) is 91.6 cm³/mol. The maximum Gasteiger partial charge on any atom is 0.268 e. The van der Waals surface area contributed by atoms with Crippen LogP contribution in [-0.2, 0) is 10.0 Å². The molecule has 0 aliphatic rings. The van der Waals surface area contributed by atoms with Gasteiger partial charge in [0.05, 0.1) is 24.2 Å². The second kappa shape index (κ2) is 7.80. The van der Waals surface area contributed by atoms with Crippen LogP contribution in [0.4, 0.5) is 5.69 Å². The minimum atomic E-state index is -3.97. The van der Waals surface area contributed by atoms with Crippen molar-refractivity contribution < 1.29 is 17.9 Å². The average molecular weight is 349 g/mol. The largest absolute Gasteiger partial charge is 0.496 e. The van der Waals surface area contributed by atoms with Crippen molar-refractivity contribution in [3.8, 4) is 5.75 Å². The van der Waals surface area contributed by atoms with Gasteiger partial charge in [0.2, 0.25) is 0 Å². The van der Waals surface area contributed by atoms with E-state index in [2.05, 4.69) is 10.6 Å². The van der Waals surface area contributed by atoms with E-state index in [1.165, 1.54) is 25.3 Å². The van der Waals surface area contributed by atoms with Crippen molar-refractivity contribution in [3.05, 3.63) is 54.1 Å². The Morgan fingerprint density at radius 1 is 1.08 bits per heavy atom. The van der Waals surface area contributed by atoms with Gasteiger partial charge in [-0.1, -0.05) is 12.1 Å². The Morgan fingerprint density at radius 2 is 1.75 bits per heavy atom. The normalized spacial score (nSPS) is 10.9. The molecule has 0 saturated carbocycles. The van der Waals surface area contributed by atoms with Crippen LogP contribution in [0, 0.1) is 0 Å². The number of rotatable bonds is 7. The summed E-state index contributed by atoms with van der Waals surface area (Å²) in [6.45, 7) is 0.552. The van der Waals surface area contributed by atoms with Gasteiger partial charge >= 0.3 is 0 Å². The monoisotopic (exact) mass is 349 g/mol. The van der Waals surface area contributed by atoms with E-state index < -0.39 is 15.9 Å². The minimum Gasteiger partial charge on any atom is -0.496 e. The molecule has 0 fully saturated rings. The van der Waals surface area contributed by atoms with E-state index in [1.807, 2.05) is 4.72 Å². The molecule has 0 radical (unpaired) electrons. The lowest BCUT2D eigenvalue weighted by molar-refractivity contribution is 0.0978. The zero-order chi connectivity index (χ0) is 17.6. The van der Waals surface area contributed by atoms with Gasteiger partial charge in [0.15, 0.2) is 0 Å². The zero-order valence-corrected chi connectivity index (χ0v) is 14.2. The quantitative estimate of drug-likeness (QED) is 0.654. The number of hydrogen-bond donors (Lipinski definition) is 3. The van der Waals surface area contributed by atoms with Crippen LogP contribution >= 0.6 is 0 Å². The van der Waals surface area contributed by atoms with E-state index in [0.717, 1.165) is 5.69 Å². The molecule has 2 rings (SSSR count). The molecule has 24 heavy (non-hydrogen) atoms. The van der Waals surface area contributed by atoms with Gasteiger partial charge in [0.1, 0.15) is 5.75 Å². The number of hydrogen-bond acceptors (Lipinski definition) is 6. The lowest BCUT2D eigenvalue weighted by atomic mass is 10.2. The molecular weight excluding hydrogens is 330 g/mol. The zero-order valence-electron chi connectivity index (χ0n) is 13.4. The number of carbonyl (C=O) groups excluding carboxylic acids is 1. The smallest absolute Gasteiger partial charge is 0.268 e. The third-order valence-corrected chi connectivity index (χ3v) is 4.56. The van der Waals surface area contributed by atoms with Crippen LogP contribution in [0.2, 0.25) is 0 Å². The van der Waals surface area contributed by atoms with Gasteiger partial charge in [-0.3, -0.25) is 4.79 Å². The molecular formula is C16H19N3O4S. The number of ether oxygens (including phenoxy) is 1. The summed E-state index contributed by atoms with van der Waals surface area (Å²) >= 11 is 0. The van der Waals surface area contributed by atoms with Gasteiger partial charge in [-0.15, -0.1) is 0 Å². The van der Waals surface area contributed by atoms with E-state index in [1.54, 1.807) is 37.4 Å². The van der Waals surface area contributed by atoms with Crippen LogP contribution in [-0.4, -0.2) is 35.2 Å². The van der Waals surface area contributed by atoms with Crippen LogP contribution < -0.4 is 20.1 Å². The molecule has 1 amide bonds. The molecule has 0 aliphatic heterocycles. The summed E-state index contributed by atoms with van der Waals surface area (Å²) in [6.07, 6.45) is 0. The highest BCUT2D eigenvalue weighted by molar-refractivity contribution is 7.90. The lowest BCUT2D eigenvalue weighted by Crippen LogP contribution is -2.30. The number of sulfonamides is 1. The van der Waals surface area contributed by atoms with Crippen LogP contribution in [0.1, 0.15) is 10.4 Å². The van der Waals surface area contributed by atoms with E-state index in [4.69, 9.17) is 4.74 Å². The molecule has 0 aliphatic carbocycles. The Hall–Kier alpha value is -2.58. The maximum atomic E-state index is 12.3. The van der Waals surface area contributed by atoms with E-state index in [-0.39, 0.29) is 10.5 Å². The highest BCUT2D eigenvalue weighted by atomic mass is 32.2. The summed E-state index contributed by atoms with van der Waals surface area (Å²) in [5, 5.41) is 5.96. The van der Waals surface area contributed by atoms with E-state index in [9.17, 15) is 13.2 Å². The topological polar surface area (TPSA) is 96.5 Å². The summed E-state index contributed by atoms with van der Waals surface area (Å²) in [4.78, 5) is 12.2. The molecule has 0 spiro atoms. The first-order valence-corrected chi connectivity index (χ1v) is 8.65. The summed E-state index contributed by atoms with van der Waals surface area (Å²) in [5.41, 5.74) is 0.912. The predicted octanol–water partition coefficient (Wildman–Crippen LogP) is 1.40. The highest BCUT2D eigenvalue weighted by Gasteiger charge is 2.20. The van der Waals surface area contributed by atoms with Gasteiger partial charge in [0.25, 0.3) is 15.9 Å². The summed E-state index contributed by atoms with van der Waals surface area (Å²) < 4.78 is 31.8. The first-order chi connectivity index (χ1) is 11.5. The second-order valence-corrected chi connectivity index (χ2v) is 6.55. The first kappa shape index (κ1) is 17.8. The number of para-hydroxylation sites is 1. The molecule has 2 aromatic rings. The average Bonchev–Trinajstić information content (AvgIpc) is 2.59. The summed E-state index contributed by atoms with van der Waals surface area (Å²) in [5.74, 6) is -0.443. The van der Waals surface area contributed by atoms with Gasteiger partial charge < -0.3 is 15.4 Å². The van der Waals surface area contributed by atoms with E-state index in [0.29, 0.717) is 12.4 Å². The van der Waals surface area contributed by atoms with Crippen molar-refractivity contribution in [1.82, 2.24) is 10.0 Å². The SMILES string of the molecule is CNCNc1ccc(S(=O)(=O)NC(=O)c2ccccc2OC)cc1. The van der Waals surface area contributed by atoms with Gasteiger partial charge in [-0.2, -0.15) is 0 Å². The van der Waals surface area contributed by atoms with Crippen molar-refractivity contribution in [3.63, 3.8) is 0 Å². The minimum absolute atomic E-state index is 0.000700. The third kappa shape index (κ3) is 4.24. The van der Waals surface area contributed by atoms with Gasteiger partial charge in [-0.25, -0.2) is 13.1 Å². The maximum absolute atomic E-state index is 12.3.